The minimum Gasteiger partial charge on any atom is -0.368 e. The first kappa shape index (κ1) is 23.3. The zero-order valence-corrected chi connectivity index (χ0v) is 20.0. The van der Waals surface area contributed by atoms with Crippen molar-refractivity contribution in [2.75, 3.05) is 18.8 Å². The molecule has 1 aliphatic heterocycles. The average Bonchev–Trinajstić information content (AvgIpc) is 3.32. The second-order valence-corrected chi connectivity index (χ2v) is 8.97. The molecule has 0 aliphatic carbocycles. The van der Waals surface area contributed by atoms with Crippen LogP contribution in [0.25, 0.3) is 22.6 Å². The molecule has 0 radical (unpaired) electrons. The molecule has 0 amide bonds. The summed E-state index contributed by atoms with van der Waals surface area (Å²) in [6.45, 7) is 5.97. The fourth-order valence-corrected chi connectivity index (χ4v) is 4.39. The van der Waals surface area contributed by atoms with Crippen LogP contribution in [-0.4, -0.2) is 54.2 Å². The van der Waals surface area contributed by atoms with Gasteiger partial charge in [-0.3, -0.25) is 9.88 Å². The van der Waals surface area contributed by atoms with Crippen LogP contribution >= 0.6 is 0 Å². The number of nitrogen functional groups attached to an aromatic ring is 1. The van der Waals surface area contributed by atoms with Crippen molar-refractivity contribution in [3.05, 3.63) is 71.2 Å². The predicted octanol–water partition coefficient (Wildman–Crippen LogP) is 2.80. The molecule has 1 saturated heterocycles. The highest BCUT2D eigenvalue weighted by molar-refractivity contribution is 5.71. The molecule has 10 heteroatoms. The fourth-order valence-electron chi connectivity index (χ4n) is 4.39. The minimum atomic E-state index is 0.116. The van der Waals surface area contributed by atoms with E-state index < -0.39 is 0 Å². The molecule has 4 aromatic rings. The number of aromatic nitrogens is 6. The number of likely N-dealkylation sites (tertiary alicyclic amines) is 1. The highest BCUT2D eigenvalue weighted by atomic mass is 16.1. The van der Waals surface area contributed by atoms with Gasteiger partial charge in [0.25, 0.3) is 0 Å². The number of carbonyl (C=O) groups is 1. The largest absolute Gasteiger partial charge is 0.368 e. The first-order valence-electron chi connectivity index (χ1n) is 11.7. The van der Waals surface area contributed by atoms with Crippen molar-refractivity contribution >= 4 is 12.2 Å². The first-order valence-corrected chi connectivity index (χ1v) is 11.7. The smallest absolute Gasteiger partial charge is 0.221 e. The molecular formula is C26H25N9O. The summed E-state index contributed by atoms with van der Waals surface area (Å²) in [5.74, 6) is 0.240. The van der Waals surface area contributed by atoms with Gasteiger partial charge < -0.3 is 10.5 Å². The molecule has 0 bridgehead atoms. The number of pyridine rings is 1. The van der Waals surface area contributed by atoms with Crippen LogP contribution in [0.15, 0.2) is 48.7 Å². The van der Waals surface area contributed by atoms with Gasteiger partial charge in [-0.1, -0.05) is 23.4 Å². The van der Waals surface area contributed by atoms with E-state index in [0.29, 0.717) is 29.2 Å². The van der Waals surface area contributed by atoms with Crippen LogP contribution < -0.4 is 5.73 Å². The highest BCUT2D eigenvalue weighted by Crippen LogP contribution is 2.28. The Bertz CT molecular complexity index is 1470. The quantitative estimate of drug-likeness (QED) is 0.396. The van der Waals surface area contributed by atoms with Gasteiger partial charge in [0.1, 0.15) is 12.0 Å². The second-order valence-electron chi connectivity index (χ2n) is 8.97. The molecule has 5 rings (SSSR count). The van der Waals surface area contributed by atoms with Gasteiger partial charge >= 0.3 is 0 Å². The van der Waals surface area contributed by atoms with E-state index in [9.17, 15) is 10.1 Å². The number of hydrogen-bond donors (Lipinski definition) is 1. The van der Waals surface area contributed by atoms with Crippen LogP contribution in [0.1, 0.15) is 35.5 Å². The highest BCUT2D eigenvalue weighted by Gasteiger charge is 2.31. The van der Waals surface area contributed by atoms with Crippen molar-refractivity contribution in [2.24, 2.45) is 5.92 Å². The summed E-state index contributed by atoms with van der Waals surface area (Å²) < 4.78 is 1.71. The molecule has 1 aliphatic rings. The Morgan fingerprint density at radius 3 is 2.69 bits per heavy atom. The number of carbonyl (C=O) groups excluding carboxylic acids is 1. The molecule has 3 aromatic heterocycles. The fraction of sp³-hybridized carbons (Fsp3) is 0.269. The van der Waals surface area contributed by atoms with Gasteiger partial charge in [-0.05, 0) is 43.7 Å². The maximum absolute atomic E-state index is 10.9. The van der Waals surface area contributed by atoms with E-state index in [1.807, 2.05) is 37.3 Å². The zero-order chi connectivity index (χ0) is 25.2. The SMILES string of the molecule is Cc1c(C#N)cccc1-c1cc(-c2cn(Cc3cccc(C(C)N4CC(C=O)C4)n3)nn2)nc(N)n1. The molecule has 1 atom stereocenters. The first-order chi connectivity index (χ1) is 17.4. The molecule has 180 valence electrons. The lowest BCUT2D eigenvalue weighted by atomic mass is 9.98. The number of rotatable bonds is 7. The van der Waals surface area contributed by atoms with E-state index in [1.165, 1.54) is 0 Å². The number of nitriles is 1. The summed E-state index contributed by atoms with van der Waals surface area (Å²) >= 11 is 0. The predicted molar refractivity (Wildman–Crippen MR) is 133 cm³/mol. The summed E-state index contributed by atoms with van der Waals surface area (Å²) in [6.07, 6.45) is 2.82. The van der Waals surface area contributed by atoms with Gasteiger partial charge in [0.05, 0.1) is 47.1 Å². The maximum atomic E-state index is 10.9. The van der Waals surface area contributed by atoms with E-state index in [-0.39, 0.29) is 17.9 Å². The van der Waals surface area contributed by atoms with Crippen LogP contribution in [-0.2, 0) is 11.3 Å². The normalized spacial score (nSPS) is 14.7. The molecule has 4 heterocycles. The van der Waals surface area contributed by atoms with E-state index >= 15 is 0 Å². The molecular weight excluding hydrogens is 454 g/mol. The van der Waals surface area contributed by atoms with Crippen molar-refractivity contribution in [3.63, 3.8) is 0 Å². The molecule has 0 spiro atoms. The van der Waals surface area contributed by atoms with Crippen molar-refractivity contribution < 1.29 is 4.79 Å². The Morgan fingerprint density at radius 1 is 1.14 bits per heavy atom. The average molecular weight is 480 g/mol. The van der Waals surface area contributed by atoms with Crippen molar-refractivity contribution in [1.82, 2.24) is 34.8 Å². The van der Waals surface area contributed by atoms with Gasteiger partial charge in [-0.15, -0.1) is 5.10 Å². The number of nitrogens with zero attached hydrogens (tertiary/aromatic N) is 8. The maximum Gasteiger partial charge on any atom is 0.221 e. The molecule has 2 N–H and O–H groups in total. The summed E-state index contributed by atoms with van der Waals surface area (Å²) in [6, 6.07) is 15.6. The third kappa shape index (κ3) is 4.56. The lowest BCUT2D eigenvalue weighted by Crippen LogP contribution is -2.48. The Kier molecular flexibility index (Phi) is 6.23. The summed E-state index contributed by atoms with van der Waals surface area (Å²) in [5.41, 5.74) is 11.8. The number of nitrogens with two attached hydrogens (primary N) is 1. The molecule has 0 saturated carbocycles. The summed E-state index contributed by atoms with van der Waals surface area (Å²) in [4.78, 5) is 26.7. The number of benzene rings is 1. The van der Waals surface area contributed by atoms with Crippen LogP contribution in [0.5, 0.6) is 0 Å². The standard InChI is InChI=1S/C26H25N9O/c1-16-19(10-27)5-3-7-21(16)23-9-24(31-26(28)30-23)25-14-35(33-32-25)13-20-6-4-8-22(29-20)17(2)34-11-18(12-34)15-36/h3-9,14-15,17-18H,11-13H2,1-2H3,(H2,28,30,31). The topological polar surface area (TPSA) is 140 Å². The van der Waals surface area contributed by atoms with Crippen LogP contribution in [0.4, 0.5) is 5.95 Å². The number of aldehydes is 1. The Hall–Kier alpha value is -4.49. The van der Waals surface area contributed by atoms with Crippen molar-refractivity contribution in [1.29, 1.82) is 5.26 Å². The Morgan fingerprint density at radius 2 is 1.92 bits per heavy atom. The molecule has 36 heavy (non-hydrogen) atoms. The van der Waals surface area contributed by atoms with Gasteiger partial charge in [0.15, 0.2) is 0 Å². The molecule has 10 nitrogen and oxygen atoms in total. The van der Waals surface area contributed by atoms with Crippen molar-refractivity contribution in [2.45, 2.75) is 26.4 Å². The summed E-state index contributed by atoms with van der Waals surface area (Å²) in [5, 5.41) is 17.9. The number of anilines is 1. The third-order valence-electron chi connectivity index (χ3n) is 6.53. The van der Waals surface area contributed by atoms with E-state index in [4.69, 9.17) is 10.7 Å². The Labute approximate surface area is 208 Å². The molecule has 1 fully saturated rings. The van der Waals surface area contributed by atoms with E-state index in [0.717, 1.165) is 41.9 Å². The molecule has 1 aromatic carbocycles. The zero-order valence-electron chi connectivity index (χ0n) is 20.0. The van der Waals surface area contributed by atoms with Crippen LogP contribution in [0, 0.1) is 24.2 Å². The van der Waals surface area contributed by atoms with Gasteiger partial charge in [-0.2, -0.15) is 5.26 Å². The van der Waals surface area contributed by atoms with Crippen LogP contribution in [0.2, 0.25) is 0 Å². The van der Waals surface area contributed by atoms with Crippen molar-refractivity contribution in [3.8, 4) is 28.7 Å². The lowest BCUT2D eigenvalue weighted by Gasteiger charge is -2.40. The third-order valence-corrected chi connectivity index (χ3v) is 6.53. The van der Waals surface area contributed by atoms with Gasteiger partial charge in [0.2, 0.25) is 5.95 Å². The van der Waals surface area contributed by atoms with Gasteiger partial charge in [0, 0.05) is 30.6 Å². The van der Waals surface area contributed by atoms with E-state index in [1.54, 1.807) is 23.0 Å². The monoisotopic (exact) mass is 479 g/mol. The molecule has 1 unspecified atom stereocenters. The lowest BCUT2D eigenvalue weighted by molar-refractivity contribution is -0.116. The van der Waals surface area contributed by atoms with Gasteiger partial charge in [-0.25, -0.2) is 14.6 Å². The van der Waals surface area contributed by atoms with E-state index in [2.05, 4.69) is 38.2 Å². The van der Waals surface area contributed by atoms with Crippen LogP contribution in [0.3, 0.4) is 0 Å². The second kappa shape index (κ2) is 9.64. The minimum absolute atomic E-state index is 0.116. The summed E-state index contributed by atoms with van der Waals surface area (Å²) in [7, 11) is 0. The Balaban J connectivity index is 1.36. The number of hydrogen-bond acceptors (Lipinski definition) is 9.